The van der Waals surface area contributed by atoms with Gasteiger partial charge in [-0.25, -0.2) is 0 Å². The maximum Gasteiger partial charge on any atom is 0.255 e. The number of amides is 4. The first-order valence-corrected chi connectivity index (χ1v) is 20.7. The lowest BCUT2D eigenvalue weighted by atomic mass is 10.1. The second-order valence-electron chi connectivity index (χ2n) is 14.9. The van der Waals surface area contributed by atoms with Gasteiger partial charge in [0.25, 0.3) is 23.6 Å². The minimum Gasteiger partial charge on any atom is -0.350 e. The highest BCUT2D eigenvalue weighted by Crippen LogP contribution is 2.30. The van der Waals surface area contributed by atoms with E-state index in [2.05, 4.69) is 61.1 Å². The van der Waals surface area contributed by atoms with Crippen LogP contribution in [-0.4, -0.2) is 76.6 Å². The molecule has 0 aliphatic carbocycles. The standard InChI is InChI=1S/C50H34N12O4/c63-47(31-9-17-51-39(25-31)41-27-33(11-19-53-41)49(65)61-37-13-21-57-45-35(37)7-5-29-3-1-15-55-43(29)45)59-23-24-60-48(64)32-10-18-52-40(26-32)42-28-34(12-20-54-42)50(66)62-38-14-22-58-46-36(38)8-6-30-4-2-16-56-44(30)46/h1-22,25-28H,23-24H2,(H,59,63)(H,60,64)(H,57,61,65)(H,58,62,66). The summed E-state index contributed by atoms with van der Waals surface area (Å²) in [6.07, 6.45) is 12.7. The number of fused-ring (bicyclic) bond motifs is 6. The number of nitrogens with zero attached hydrogens (tertiary/aromatic N) is 8. The summed E-state index contributed by atoms with van der Waals surface area (Å²) in [6.45, 7) is 0.254. The number of aromatic nitrogens is 8. The van der Waals surface area contributed by atoms with E-state index in [9.17, 15) is 19.2 Å². The summed E-state index contributed by atoms with van der Waals surface area (Å²) >= 11 is 0. The maximum absolute atomic E-state index is 13.5. The number of hydrogen-bond donors (Lipinski definition) is 4. The summed E-state index contributed by atoms with van der Waals surface area (Å²) in [5.41, 5.74) is 6.88. The van der Waals surface area contributed by atoms with Crippen LogP contribution in [0, 0.1) is 0 Å². The van der Waals surface area contributed by atoms with Gasteiger partial charge in [0.1, 0.15) is 0 Å². The van der Waals surface area contributed by atoms with E-state index >= 15 is 0 Å². The molecule has 0 aliphatic heterocycles. The van der Waals surface area contributed by atoms with Crippen molar-refractivity contribution in [3.05, 3.63) is 181 Å². The van der Waals surface area contributed by atoms with Crippen LogP contribution in [-0.2, 0) is 0 Å². The fraction of sp³-hybridized carbons (Fsp3) is 0.0400. The van der Waals surface area contributed by atoms with Gasteiger partial charge in [0.15, 0.2) is 0 Å². The van der Waals surface area contributed by atoms with Crippen LogP contribution in [0.15, 0.2) is 159 Å². The maximum atomic E-state index is 13.5. The lowest BCUT2D eigenvalue weighted by molar-refractivity contribution is 0.0927. The van der Waals surface area contributed by atoms with Gasteiger partial charge in [-0.05, 0) is 84.9 Å². The number of benzene rings is 2. The largest absolute Gasteiger partial charge is 0.350 e. The molecule has 0 saturated carbocycles. The van der Waals surface area contributed by atoms with Crippen LogP contribution < -0.4 is 21.3 Å². The zero-order valence-electron chi connectivity index (χ0n) is 34.6. The molecule has 0 bridgehead atoms. The van der Waals surface area contributed by atoms with Crippen molar-refractivity contribution in [1.29, 1.82) is 0 Å². The summed E-state index contributed by atoms with van der Waals surface area (Å²) in [6, 6.07) is 31.5. The van der Waals surface area contributed by atoms with E-state index in [-0.39, 0.29) is 24.9 Å². The first-order chi connectivity index (χ1) is 32.4. The molecule has 8 aromatic heterocycles. The number of hydrogen-bond acceptors (Lipinski definition) is 12. The number of rotatable bonds is 11. The molecule has 0 radical (unpaired) electrons. The van der Waals surface area contributed by atoms with Crippen molar-refractivity contribution >= 4 is 78.6 Å². The summed E-state index contributed by atoms with van der Waals surface area (Å²) in [5, 5.41) is 15.0. The Balaban J connectivity index is 0.748. The highest BCUT2D eigenvalue weighted by Gasteiger charge is 2.17. The van der Waals surface area contributed by atoms with Crippen LogP contribution >= 0.6 is 0 Å². The van der Waals surface area contributed by atoms with E-state index in [4.69, 9.17) is 0 Å². The van der Waals surface area contributed by atoms with Crippen LogP contribution in [0.4, 0.5) is 11.4 Å². The third kappa shape index (κ3) is 8.27. The van der Waals surface area contributed by atoms with Crippen molar-refractivity contribution in [2.45, 2.75) is 0 Å². The van der Waals surface area contributed by atoms with E-state index in [1.54, 1.807) is 85.5 Å². The number of nitrogens with one attached hydrogen (secondary N) is 4. The van der Waals surface area contributed by atoms with Gasteiger partial charge >= 0.3 is 0 Å². The fourth-order valence-corrected chi connectivity index (χ4v) is 7.52. The van der Waals surface area contributed by atoms with Gasteiger partial charge in [0.05, 0.1) is 56.2 Å². The number of pyridine rings is 8. The second kappa shape index (κ2) is 17.7. The van der Waals surface area contributed by atoms with Crippen molar-refractivity contribution in [3.63, 3.8) is 0 Å². The average Bonchev–Trinajstić information content (AvgIpc) is 3.37. The highest BCUT2D eigenvalue weighted by molar-refractivity contribution is 6.14. The molecular weight excluding hydrogens is 833 g/mol. The van der Waals surface area contributed by atoms with Crippen LogP contribution in [0.3, 0.4) is 0 Å². The van der Waals surface area contributed by atoms with Crippen LogP contribution in [0.25, 0.3) is 66.4 Å². The minimum absolute atomic E-state index is 0.127. The van der Waals surface area contributed by atoms with Gasteiger partial charge in [0, 0.05) is 106 Å². The monoisotopic (exact) mass is 866 g/mol. The lowest BCUT2D eigenvalue weighted by Gasteiger charge is -2.11. The Morgan fingerprint density at radius 2 is 0.697 bits per heavy atom. The molecule has 4 N–H and O–H groups in total. The highest BCUT2D eigenvalue weighted by atomic mass is 16.2. The Labute approximate surface area is 374 Å². The van der Waals surface area contributed by atoms with Crippen LogP contribution in [0.2, 0.25) is 0 Å². The van der Waals surface area contributed by atoms with Crippen molar-refractivity contribution in [3.8, 4) is 22.8 Å². The fourth-order valence-electron chi connectivity index (χ4n) is 7.52. The van der Waals surface area contributed by atoms with Crippen molar-refractivity contribution in [1.82, 2.24) is 50.5 Å². The van der Waals surface area contributed by atoms with Crippen LogP contribution in [0.5, 0.6) is 0 Å². The minimum atomic E-state index is -0.391. The van der Waals surface area contributed by atoms with Gasteiger partial charge in [-0.3, -0.25) is 59.0 Å². The molecular formula is C50H34N12O4. The smallest absolute Gasteiger partial charge is 0.255 e. The Bertz CT molecular complexity index is 3330. The molecule has 2 aromatic carbocycles. The number of carbonyl (C=O) groups is 4. The topological polar surface area (TPSA) is 220 Å². The van der Waals surface area contributed by atoms with Gasteiger partial charge in [-0.1, -0.05) is 24.3 Å². The molecule has 16 heteroatoms. The molecule has 0 atom stereocenters. The van der Waals surface area contributed by atoms with Gasteiger partial charge < -0.3 is 21.3 Å². The molecule has 0 spiro atoms. The van der Waals surface area contributed by atoms with Crippen LogP contribution in [0.1, 0.15) is 41.4 Å². The zero-order chi connectivity index (χ0) is 45.0. The van der Waals surface area contributed by atoms with Gasteiger partial charge in [-0.2, -0.15) is 0 Å². The third-order valence-corrected chi connectivity index (χ3v) is 10.8. The van der Waals surface area contributed by atoms with Crippen molar-refractivity contribution < 1.29 is 19.2 Å². The molecule has 8 heterocycles. The Morgan fingerprint density at radius 1 is 0.348 bits per heavy atom. The molecule has 16 nitrogen and oxygen atoms in total. The Morgan fingerprint density at radius 3 is 1.09 bits per heavy atom. The van der Waals surface area contributed by atoms with E-state index in [1.165, 1.54) is 24.8 Å². The number of anilines is 2. The van der Waals surface area contributed by atoms with Gasteiger partial charge in [0.2, 0.25) is 0 Å². The second-order valence-corrected chi connectivity index (χ2v) is 14.9. The summed E-state index contributed by atoms with van der Waals surface area (Å²) in [7, 11) is 0. The van der Waals surface area contributed by atoms with E-state index in [1.807, 2.05) is 48.5 Å². The SMILES string of the molecule is O=C(NCCNC(=O)c1ccnc(-c2cc(C(=O)Nc3ccnc4c3ccc3cccnc34)ccn2)c1)c1ccnc(-c2cc(C(=O)Nc3ccnc4c3ccc3cccnc34)ccn2)c1. The van der Waals surface area contributed by atoms with E-state index in [0.717, 1.165) is 32.6 Å². The third-order valence-electron chi connectivity index (χ3n) is 10.8. The zero-order valence-corrected chi connectivity index (χ0v) is 34.6. The molecule has 0 fully saturated rings. The van der Waals surface area contributed by atoms with Crippen molar-refractivity contribution in [2.24, 2.45) is 0 Å². The molecule has 0 aliphatic rings. The first kappa shape index (κ1) is 40.6. The summed E-state index contributed by atoms with van der Waals surface area (Å²) in [5.74, 6) is -1.50. The molecule has 0 saturated heterocycles. The molecule has 4 amide bonds. The predicted octanol–water partition coefficient (Wildman–Crippen LogP) is 7.46. The summed E-state index contributed by atoms with van der Waals surface area (Å²) < 4.78 is 0. The summed E-state index contributed by atoms with van der Waals surface area (Å²) in [4.78, 5) is 88.9. The molecule has 10 aromatic rings. The Kier molecular flexibility index (Phi) is 10.9. The van der Waals surface area contributed by atoms with Gasteiger partial charge in [-0.15, -0.1) is 0 Å². The molecule has 10 rings (SSSR count). The van der Waals surface area contributed by atoms with E-state index < -0.39 is 11.8 Å². The Hall–Kier alpha value is -9.44. The molecule has 66 heavy (non-hydrogen) atoms. The molecule has 318 valence electrons. The average molecular weight is 867 g/mol. The predicted molar refractivity (Wildman–Crippen MR) is 250 cm³/mol. The van der Waals surface area contributed by atoms with E-state index in [0.29, 0.717) is 67.4 Å². The van der Waals surface area contributed by atoms with Crippen molar-refractivity contribution in [2.75, 3.05) is 23.7 Å². The quantitative estimate of drug-likeness (QED) is 0.0736. The molecule has 0 unspecified atom stereocenters. The lowest BCUT2D eigenvalue weighted by Crippen LogP contribution is -2.34. The first-order valence-electron chi connectivity index (χ1n) is 20.7. The number of carbonyl (C=O) groups excluding carboxylic acids is 4. The normalized spacial score (nSPS) is 11.1.